The van der Waals surface area contributed by atoms with E-state index < -0.39 is 0 Å². The van der Waals surface area contributed by atoms with Gasteiger partial charge in [-0.1, -0.05) is 135 Å². The lowest BCUT2D eigenvalue weighted by Crippen LogP contribution is -2.14. The zero-order chi connectivity index (χ0) is 29.4. The number of anilines is 3. The summed E-state index contributed by atoms with van der Waals surface area (Å²) in [6.45, 7) is 4.71. The van der Waals surface area contributed by atoms with Gasteiger partial charge in [-0.05, 0) is 90.3 Å². The number of hydrogen-bond donors (Lipinski definition) is 0. The van der Waals surface area contributed by atoms with Crippen LogP contribution in [-0.2, 0) is 5.41 Å². The van der Waals surface area contributed by atoms with E-state index in [0.29, 0.717) is 0 Å². The summed E-state index contributed by atoms with van der Waals surface area (Å²) < 4.78 is 0. The molecule has 0 spiro atoms. The van der Waals surface area contributed by atoms with Gasteiger partial charge in [0.05, 0.1) is 5.69 Å². The molecule has 0 radical (unpaired) electrons. The zero-order valence-corrected chi connectivity index (χ0v) is 24.9. The van der Waals surface area contributed by atoms with Crippen molar-refractivity contribution in [1.82, 2.24) is 0 Å². The minimum Gasteiger partial charge on any atom is -0.310 e. The second kappa shape index (κ2) is 9.30. The van der Waals surface area contributed by atoms with Crippen LogP contribution in [0.1, 0.15) is 25.0 Å². The van der Waals surface area contributed by atoms with Crippen molar-refractivity contribution in [3.63, 3.8) is 0 Å². The Morgan fingerprint density at radius 3 is 2.05 bits per heavy atom. The molecule has 0 heterocycles. The third-order valence-electron chi connectivity index (χ3n) is 9.80. The van der Waals surface area contributed by atoms with Gasteiger partial charge in [-0.25, -0.2) is 0 Å². The van der Waals surface area contributed by atoms with E-state index in [0.717, 1.165) is 11.4 Å². The van der Waals surface area contributed by atoms with Crippen LogP contribution >= 0.6 is 0 Å². The molecule has 0 saturated heterocycles. The van der Waals surface area contributed by atoms with Crippen LogP contribution in [0.2, 0.25) is 0 Å². The first-order chi connectivity index (χ1) is 21.6. The second-order valence-electron chi connectivity index (χ2n) is 12.6. The van der Waals surface area contributed by atoms with Gasteiger partial charge in [0.15, 0.2) is 0 Å². The fourth-order valence-corrected chi connectivity index (χ4v) is 7.71. The number of para-hydroxylation sites is 1. The van der Waals surface area contributed by atoms with Gasteiger partial charge < -0.3 is 4.90 Å². The number of rotatable bonds is 3. The van der Waals surface area contributed by atoms with Crippen molar-refractivity contribution >= 4 is 60.2 Å². The Morgan fingerprint density at radius 2 is 1.14 bits per heavy atom. The van der Waals surface area contributed by atoms with Gasteiger partial charge in [0.2, 0.25) is 0 Å². The first-order valence-electron chi connectivity index (χ1n) is 15.5. The van der Waals surface area contributed by atoms with E-state index in [1.165, 1.54) is 71.0 Å². The van der Waals surface area contributed by atoms with Crippen LogP contribution in [0, 0.1) is 0 Å². The van der Waals surface area contributed by atoms with Crippen molar-refractivity contribution in [2.24, 2.45) is 0 Å². The van der Waals surface area contributed by atoms with E-state index in [2.05, 4.69) is 170 Å². The molecule has 0 aromatic heterocycles. The van der Waals surface area contributed by atoms with E-state index in [1.807, 2.05) is 0 Å². The molecule has 8 aromatic carbocycles. The monoisotopic (exact) mass is 561 g/mol. The van der Waals surface area contributed by atoms with E-state index in [4.69, 9.17) is 0 Å². The highest BCUT2D eigenvalue weighted by Gasteiger charge is 2.36. The summed E-state index contributed by atoms with van der Waals surface area (Å²) in [6, 6.07) is 55.8. The van der Waals surface area contributed by atoms with Crippen molar-refractivity contribution in [2.45, 2.75) is 19.3 Å². The van der Waals surface area contributed by atoms with Gasteiger partial charge in [0, 0.05) is 22.2 Å². The maximum Gasteiger partial charge on any atom is 0.0540 e. The lowest BCUT2D eigenvalue weighted by molar-refractivity contribution is 0.661. The van der Waals surface area contributed by atoms with E-state index >= 15 is 0 Å². The van der Waals surface area contributed by atoms with Gasteiger partial charge in [-0.3, -0.25) is 0 Å². The molecule has 0 saturated carbocycles. The van der Waals surface area contributed by atoms with E-state index in [1.54, 1.807) is 0 Å². The summed E-state index contributed by atoms with van der Waals surface area (Å²) in [7, 11) is 0. The first-order valence-corrected chi connectivity index (χ1v) is 15.5. The van der Waals surface area contributed by atoms with Gasteiger partial charge in [0.25, 0.3) is 0 Å². The molecule has 0 N–H and O–H groups in total. The minimum atomic E-state index is -0.00869. The maximum absolute atomic E-state index is 2.39. The van der Waals surface area contributed by atoms with Crippen LogP contribution in [-0.4, -0.2) is 0 Å². The Kier molecular flexibility index (Phi) is 5.31. The first kappa shape index (κ1) is 25.1. The van der Waals surface area contributed by atoms with Crippen molar-refractivity contribution in [1.29, 1.82) is 0 Å². The molecule has 0 aliphatic heterocycles. The Balaban J connectivity index is 1.29. The fourth-order valence-electron chi connectivity index (χ4n) is 7.71. The number of hydrogen-bond acceptors (Lipinski definition) is 1. The van der Waals surface area contributed by atoms with Crippen molar-refractivity contribution in [3.8, 4) is 11.1 Å². The lowest BCUT2D eigenvalue weighted by Gasteiger charge is -2.27. The molecule has 8 aromatic rings. The summed E-state index contributed by atoms with van der Waals surface area (Å²) in [4.78, 5) is 2.39. The number of nitrogens with zero attached hydrogens (tertiary/aromatic N) is 1. The average Bonchev–Trinajstić information content (AvgIpc) is 3.31. The molecule has 0 atom stereocenters. The largest absolute Gasteiger partial charge is 0.310 e. The molecule has 9 rings (SSSR count). The predicted octanol–water partition coefficient (Wildman–Crippen LogP) is 12.1. The van der Waals surface area contributed by atoms with Gasteiger partial charge in [0.1, 0.15) is 0 Å². The standard InChI is InChI=1S/C43H31N/c1-43(2)38-17-9-8-16-37(38)42-36-23-21-29-19-20-30-27-32(22-24-34(30)41(29)35(36)25-26-39(42)43)44(31-13-4-3-5-14-31)40-18-10-12-28-11-6-7-15-33(28)40/h3-27H,1-2H3. The van der Waals surface area contributed by atoms with Gasteiger partial charge >= 0.3 is 0 Å². The normalized spacial score (nSPS) is 13.4. The summed E-state index contributed by atoms with van der Waals surface area (Å²) in [6.07, 6.45) is 0. The Hall–Kier alpha value is -5.40. The predicted molar refractivity (Wildman–Crippen MR) is 189 cm³/mol. The fraction of sp³-hybridized carbons (Fsp3) is 0.0698. The second-order valence-corrected chi connectivity index (χ2v) is 12.6. The van der Waals surface area contributed by atoms with Crippen molar-refractivity contribution < 1.29 is 0 Å². The Labute approximate surface area is 257 Å². The Morgan fingerprint density at radius 1 is 0.432 bits per heavy atom. The van der Waals surface area contributed by atoms with Crippen LogP contribution in [0.25, 0.3) is 54.2 Å². The third kappa shape index (κ3) is 3.53. The maximum atomic E-state index is 2.39. The van der Waals surface area contributed by atoms with Crippen LogP contribution in [0.4, 0.5) is 17.1 Å². The van der Waals surface area contributed by atoms with Crippen LogP contribution in [0.15, 0.2) is 152 Å². The molecule has 1 aliphatic rings. The lowest BCUT2D eigenvalue weighted by atomic mass is 9.82. The number of benzene rings is 8. The summed E-state index contributed by atoms with van der Waals surface area (Å²) in [5.41, 5.74) is 9.06. The smallest absolute Gasteiger partial charge is 0.0540 e. The van der Waals surface area contributed by atoms with Crippen LogP contribution in [0.5, 0.6) is 0 Å². The van der Waals surface area contributed by atoms with Gasteiger partial charge in [-0.15, -0.1) is 0 Å². The molecule has 0 amide bonds. The van der Waals surface area contributed by atoms with Crippen molar-refractivity contribution in [3.05, 3.63) is 163 Å². The quantitative estimate of drug-likeness (QED) is 0.194. The molecule has 44 heavy (non-hydrogen) atoms. The SMILES string of the molecule is CC1(C)c2ccccc2-c2c1ccc1c2ccc2ccc3cc(N(c4ccccc4)c4cccc5ccccc45)ccc3c21. The number of fused-ring (bicyclic) bond motifs is 10. The summed E-state index contributed by atoms with van der Waals surface area (Å²) in [5, 5.41) is 10.3. The topological polar surface area (TPSA) is 3.24 Å². The summed E-state index contributed by atoms with van der Waals surface area (Å²) >= 11 is 0. The Bertz CT molecular complexity index is 2410. The molecular weight excluding hydrogens is 530 g/mol. The molecule has 0 fully saturated rings. The molecule has 208 valence electrons. The molecule has 1 heteroatoms. The third-order valence-corrected chi connectivity index (χ3v) is 9.80. The highest BCUT2D eigenvalue weighted by atomic mass is 15.1. The molecular formula is C43H31N. The van der Waals surface area contributed by atoms with Crippen molar-refractivity contribution in [2.75, 3.05) is 4.90 Å². The van der Waals surface area contributed by atoms with Gasteiger partial charge in [-0.2, -0.15) is 0 Å². The van der Waals surface area contributed by atoms with Crippen LogP contribution < -0.4 is 4.90 Å². The molecule has 0 unspecified atom stereocenters. The van der Waals surface area contributed by atoms with E-state index in [9.17, 15) is 0 Å². The molecule has 0 bridgehead atoms. The molecule has 1 aliphatic carbocycles. The van der Waals surface area contributed by atoms with E-state index in [-0.39, 0.29) is 5.41 Å². The minimum absolute atomic E-state index is 0.00869. The highest BCUT2D eigenvalue weighted by molar-refractivity contribution is 6.23. The highest BCUT2D eigenvalue weighted by Crippen LogP contribution is 2.52. The molecule has 1 nitrogen and oxygen atoms in total. The average molecular weight is 562 g/mol. The van der Waals surface area contributed by atoms with Crippen LogP contribution in [0.3, 0.4) is 0 Å². The summed E-state index contributed by atoms with van der Waals surface area (Å²) in [5.74, 6) is 0. The zero-order valence-electron chi connectivity index (χ0n) is 24.9.